The molecule has 0 spiro atoms. The number of carbonyl (C=O) groups excluding carboxylic acids is 1. The molecule has 2 aromatic rings. The van der Waals surface area contributed by atoms with E-state index in [0.29, 0.717) is 13.1 Å². The highest BCUT2D eigenvalue weighted by atomic mass is 16.5. The minimum absolute atomic E-state index is 0.0138. The fourth-order valence-corrected chi connectivity index (χ4v) is 3.98. The van der Waals surface area contributed by atoms with Crippen LogP contribution in [0.4, 0.5) is 5.69 Å². The highest BCUT2D eigenvalue weighted by molar-refractivity contribution is 5.78. The molecular weight excluding hydrogens is 368 g/mol. The molecule has 1 atom stereocenters. The average molecular weight is 396 g/mol. The van der Waals surface area contributed by atoms with Gasteiger partial charge in [0.25, 0.3) is 11.5 Å². The highest BCUT2D eigenvalue weighted by Gasteiger charge is 2.27. The second kappa shape index (κ2) is 8.68. The van der Waals surface area contributed by atoms with Crippen molar-refractivity contribution in [2.45, 2.75) is 38.6 Å². The third-order valence-electron chi connectivity index (χ3n) is 5.83. The van der Waals surface area contributed by atoms with Crippen LogP contribution in [-0.2, 0) is 11.2 Å². The summed E-state index contributed by atoms with van der Waals surface area (Å²) in [7, 11) is 0. The summed E-state index contributed by atoms with van der Waals surface area (Å²) in [6.45, 7) is 5.23. The van der Waals surface area contributed by atoms with Crippen molar-refractivity contribution in [1.29, 1.82) is 0 Å². The van der Waals surface area contributed by atoms with Crippen molar-refractivity contribution in [2.75, 3.05) is 37.7 Å². The van der Waals surface area contributed by atoms with Crippen molar-refractivity contribution in [2.24, 2.45) is 0 Å². The van der Waals surface area contributed by atoms with E-state index in [9.17, 15) is 9.59 Å². The lowest BCUT2D eigenvalue weighted by Crippen LogP contribution is -2.45. The van der Waals surface area contributed by atoms with Crippen LogP contribution in [0.2, 0.25) is 0 Å². The second-order valence-corrected chi connectivity index (χ2v) is 7.72. The smallest absolute Gasteiger partial charge is 0.269 e. The number of ether oxygens (including phenoxy) is 1. The number of piperidine rings is 1. The van der Waals surface area contributed by atoms with Crippen molar-refractivity contribution < 1.29 is 9.53 Å². The van der Waals surface area contributed by atoms with Crippen LogP contribution in [-0.4, -0.2) is 53.4 Å². The van der Waals surface area contributed by atoms with Gasteiger partial charge in [-0.2, -0.15) is 5.10 Å². The summed E-state index contributed by atoms with van der Waals surface area (Å²) >= 11 is 0. The normalized spacial score (nSPS) is 19.0. The summed E-state index contributed by atoms with van der Waals surface area (Å²) in [6.07, 6.45) is 5.49. The highest BCUT2D eigenvalue weighted by Crippen LogP contribution is 2.22. The standard InChI is InChI=1S/C22H28N4O3/c1-2-17-7-3-4-9-20(17)29-16-22(28)25-10-5-8-18(15-25)26-21(27)13-19(14-23-26)24-11-6-12-24/h3-4,7,9,13-14,18H,2,5-6,8,10-12,15-16H2,1H3. The Morgan fingerprint density at radius 2 is 2.03 bits per heavy atom. The van der Waals surface area contributed by atoms with E-state index in [-0.39, 0.29) is 24.1 Å². The Labute approximate surface area is 170 Å². The minimum atomic E-state index is -0.0955. The zero-order valence-electron chi connectivity index (χ0n) is 16.9. The molecule has 0 bridgehead atoms. The van der Waals surface area contributed by atoms with Gasteiger partial charge in [0.15, 0.2) is 6.61 Å². The SMILES string of the molecule is CCc1ccccc1OCC(=O)N1CCCC(n2ncc(N3CCC3)cc2=O)C1. The fraction of sp³-hybridized carbons (Fsp3) is 0.500. The lowest BCUT2D eigenvalue weighted by molar-refractivity contribution is -0.135. The summed E-state index contributed by atoms with van der Waals surface area (Å²) in [5.41, 5.74) is 1.89. The van der Waals surface area contributed by atoms with Crippen molar-refractivity contribution in [3.63, 3.8) is 0 Å². The van der Waals surface area contributed by atoms with Gasteiger partial charge in [0.05, 0.1) is 17.9 Å². The molecule has 0 saturated carbocycles. The van der Waals surface area contributed by atoms with Gasteiger partial charge >= 0.3 is 0 Å². The van der Waals surface area contributed by atoms with Gasteiger partial charge in [-0.25, -0.2) is 4.68 Å². The molecule has 4 rings (SSSR count). The molecule has 2 aliphatic rings. The molecule has 2 saturated heterocycles. The van der Waals surface area contributed by atoms with Gasteiger partial charge in [0.1, 0.15) is 5.75 Å². The maximum atomic E-state index is 12.7. The van der Waals surface area contributed by atoms with Crippen LogP contribution in [0.5, 0.6) is 5.75 Å². The molecule has 1 amide bonds. The number of hydrogen-bond donors (Lipinski definition) is 0. The van der Waals surface area contributed by atoms with E-state index in [4.69, 9.17) is 4.74 Å². The molecule has 0 N–H and O–H groups in total. The number of rotatable bonds is 6. The van der Waals surface area contributed by atoms with E-state index in [1.54, 1.807) is 17.2 Å². The molecule has 2 aliphatic heterocycles. The second-order valence-electron chi connectivity index (χ2n) is 7.72. The van der Waals surface area contributed by atoms with Crippen molar-refractivity contribution in [1.82, 2.24) is 14.7 Å². The monoisotopic (exact) mass is 396 g/mol. The minimum Gasteiger partial charge on any atom is -0.483 e. The number of para-hydroxylation sites is 1. The van der Waals surface area contributed by atoms with E-state index in [0.717, 1.165) is 55.8 Å². The summed E-state index contributed by atoms with van der Waals surface area (Å²) in [5.74, 6) is 0.710. The molecule has 7 heteroatoms. The lowest BCUT2D eigenvalue weighted by atomic mass is 10.1. The van der Waals surface area contributed by atoms with Crippen LogP contribution >= 0.6 is 0 Å². The Balaban J connectivity index is 1.39. The van der Waals surface area contributed by atoms with Gasteiger partial charge in [-0.3, -0.25) is 9.59 Å². The molecule has 154 valence electrons. The lowest BCUT2D eigenvalue weighted by Gasteiger charge is -2.34. The quantitative estimate of drug-likeness (QED) is 0.749. The number of benzene rings is 1. The molecule has 1 aromatic carbocycles. The van der Waals surface area contributed by atoms with Gasteiger partial charge < -0.3 is 14.5 Å². The summed E-state index contributed by atoms with van der Waals surface area (Å²) < 4.78 is 7.33. The Bertz CT molecular complexity index is 922. The molecular formula is C22H28N4O3. The van der Waals surface area contributed by atoms with Gasteiger partial charge in [0, 0.05) is 32.2 Å². The first-order valence-electron chi connectivity index (χ1n) is 10.5. The largest absolute Gasteiger partial charge is 0.483 e. The number of hydrogen-bond acceptors (Lipinski definition) is 5. The predicted molar refractivity (Wildman–Crippen MR) is 111 cm³/mol. The van der Waals surface area contributed by atoms with Crippen molar-refractivity contribution in [3.05, 3.63) is 52.4 Å². The number of amides is 1. The molecule has 1 unspecified atom stereocenters. The van der Waals surface area contributed by atoms with E-state index in [1.165, 1.54) is 4.68 Å². The molecule has 1 aromatic heterocycles. The Morgan fingerprint density at radius 1 is 1.21 bits per heavy atom. The fourth-order valence-electron chi connectivity index (χ4n) is 3.98. The third-order valence-corrected chi connectivity index (χ3v) is 5.83. The Hall–Kier alpha value is -2.83. The van der Waals surface area contributed by atoms with Gasteiger partial charge in [0.2, 0.25) is 0 Å². The summed E-state index contributed by atoms with van der Waals surface area (Å²) in [4.78, 5) is 29.2. The van der Waals surface area contributed by atoms with E-state index in [2.05, 4.69) is 16.9 Å². The third kappa shape index (κ3) is 4.28. The Kier molecular flexibility index (Phi) is 5.83. The van der Waals surface area contributed by atoms with Crippen LogP contribution in [0.3, 0.4) is 0 Å². The molecule has 3 heterocycles. The number of nitrogens with zero attached hydrogens (tertiary/aromatic N) is 4. The molecule has 29 heavy (non-hydrogen) atoms. The first-order chi connectivity index (χ1) is 14.2. The Morgan fingerprint density at radius 3 is 2.76 bits per heavy atom. The van der Waals surface area contributed by atoms with Crippen LogP contribution in [0, 0.1) is 0 Å². The van der Waals surface area contributed by atoms with Gasteiger partial charge in [-0.15, -0.1) is 0 Å². The van der Waals surface area contributed by atoms with Crippen LogP contribution < -0.4 is 15.2 Å². The van der Waals surface area contributed by atoms with Crippen molar-refractivity contribution in [3.8, 4) is 5.75 Å². The molecule has 2 fully saturated rings. The first-order valence-corrected chi connectivity index (χ1v) is 10.5. The zero-order chi connectivity index (χ0) is 20.2. The van der Waals surface area contributed by atoms with E-state index >= 15 is 0 Å². The van der Waals surface area contributed by atoms with E-state index < -0.39 is 0 Å². The summed E-state index contributed by atoms with van der Waals surface area (Å²) in [5, 5.41) is 4.41. The number of aromatic nitrogens is 2. The number of anilines is 1. The van der Waals surface area contributed by atoms with Gasteiger partial charge in [-0.1, -0.05) is 25.1 Å². The number of likely N-dealkylation sites (tertiary alicyclic amines) is 1. The van der Waals surface area contributed by atoms with Crippen LogP contribution in [0.25, 0.3) is 0 Å². The van der Waals surface area contributed by atoms with Crippen LogP contribution in [0.15, 0.2) is 41.3 Å². The van der Waals surface area contributed by atoms with E-state index in [1.807, 2.05) is 24.3 Å². The van der Waals surface area contributed by atoms with Crippen LogP contribution in [0.1, 0.15) is 37.8 Å². The number of aryl methyl sites for hydroxylation is 1. The summed E-state index contributed by atoms with van der Waals surface area (Å²) in [6, 6.07) is 9.37. The molecule has 7 nitrogen and oxygen atoms in total. The first kappa shape index (κ1) is 19.5. The van der Waals surface area contributed by atoms with Crippen molar-refractivity contribution >= 4 is 11.6 Å². The molecule has 0 aliphatic carbocycles. The number of carbonyl (C=O) groups is 1. The maximum absolute atomic E-state index is 12.7. The predicted octanol–water partition coefficient (Wildman–Crippen LogP) is 2.26. The topological polar surface area (TPSA) is 67.7 Å². The zero-order valence-corrected chi connectivity index (χ0v) is 16.9. The van der Waals surface area contributed by atoms with Gasteiger partial charge in [-0.05, 0) is 37.3 Å². The maximum Gasteiger partial charge on any atom is 0.269 e. The molecule has 0 radical (unpaired) electrons. The average Bonchev–Trinajstić information content (AvgIpc) is 2.71.